The van der Waals surface area contributed by atoms with Gasteiger partial charge in [0.2, 0.25) is 5.91 Å². The van der Waals surface area contributed by atoms with E-state index in [1.54, 1.807) is 18.2 Å². The third-order valence-electron chi connectivity index (χ3n) is 6.45. The van der Waals surface area contributed by atoms with E-state index in [2.05, 4.69) is 21.6 Å². The molecule has 0 aromatic heterocycles. The molecule has 7 heteroatoms. The SMILES string of the molecule is COc1c(C#N)cc2ccccc2c1CNC(=O)C(C)(c1ccc(F)cc1)N1CCNCC1. The number of fused-ring (bicyclic) bond motifs is 1. The van der Waals surface area contributed by atoms with E-state index in [0.717, 1.165) is 35.0 Å². The topological polar surface area (TPSA) is 77.4 Å². The lowest BCUT2D eigenvalue weighted by Gasteiger charge is -2.42. The highest BCUT2D eigenvalue weighted by Crippen LogP contribution is 2.33. The predicted octanol–water partition coefficient (Wildman–Crippen LogP) is 3.30. The minimum absolute atomic E-state index is 0.190. The van der Waals surface area contributed by atoms with Crippen molar-refractivity contribution >= 4 is 16.7 Å². The monoisotopic (exact) mass is 446 g/mol. The van der Waals surface area contributed by atoms with Crippen LogP contribution < -0.4 is 15.4 Å². The lowest BCUT2D eigenvalue weighted by Crippen LogP contribution is -2.59. The molecule has 6 nitrogen and oxygen atoms in total. The third-order valence-corrected chi connectivity index (χ3v) is 6.45. The fourth-order valence-electron chi connectivity index (χ4n) is 4.58. The lowest BCUT2D eigenvalue weighted by molar-refractivity contribution is -0.134. The van der Waals surface area contributed by atoms with Crippen molar-refractivity contribution in [2.45, 2.75) is 19.0 Å². The van der Waals surface area contributed by atoms with Crippen molar-refractivity contribution in [2.75, 3.05) is 33.3 Å². The fraction of sp³-hybridized carbons (Fsp3) is 0.308. The van der Waals surface area contributed by atoms with Crippen LogP contribution in [-0.4, -0.2) is 44.1 Å². The van der Waals surface area contributed by atoms with E-state index in [-0.39, 0.29) is 18.3 Å². The molecule has 0 bridgehead atoms. The summed E-state index contributed by atoms with van der Waals surface area (Å²) in [5, 5.41) is 17.8. The van der Waals surface area contributed by atoms with Gasteiger partial charge >= 0.3 is 0 Å². The largest absolute Gasteiger partial charge is 0.495 e. The zero-order valence-electron chi connectivity index (χ0n) is 18.8. The van der Waals surface area contributed by atoms with E-state index in [9.17, 15) is 14.4 Å². The summed E-state index contributed by atoms with van der Waals surface area (Å²) in [5.74, 6) is -0.0713. The van der Waals surface area contributed by atoms with E-state index in [4.69, 9.17) is 4.74 Å². The van der Waals surface area contributed by atoms with Gasteiger partial charge in [-0.25, -0.2) is 4.39 Å². The zero-order chi connectivity index (χ0) is 23.4. The van der Waals surface area contributed by atoms with Gasteiger partial charge in [0.1, 0.15) is 23.2 Å². The number of nitrogens with one attached hydrogen (secondary N) is 2. The highest BCUT2D eigenvalue weighted by atomic mass is 19.1. The van der Waals surface area contributed by atoms with Crippen LogP contribution in [0.25, 0.3) is 10.8 Å². The molecule has 1 aliphatic heterocycles. The van der Waals surface area contributed by atoms with Crippen LogP contribution in [0.2, 0.25) is 0 Å². The van der Waals surface area contributed by atoms with Crippen LogP contribution >= 0.6 is 0 Å². The quantitative estimate of drug-likeness (QED) is 0.608. The van der Waals surface area contributed by atoms with E-state index in [1.165, 1.54) is 19.2 Å². The average Bonchev–Trinajstić information content (AvgIpc) is 2.86. The molecule has 0 saturated carbocycles. The number of rotatable bonds is 6. The Labute approximate surface area is 193 Å². The molecular weight excluding hydrogens is 419 g/mol. The maximum Gasteiger partial charge on any atom is 0.245 e. The van der Waals surface area contributed by atoms with Crippen LogP contribution in [0.1, 0.15) is 23.6 Å². The molecule has 1 saturated heterocycles. The number of benzene rings is 3. The number of amides is 1. The number of ether oxygens (including phenoxy) is 1. The molecule has 0 aliphatic carbocycles. The van der Waals surface area contributed by atoms with Crippen molar-refractivity contribution in [1.82, 2.24) is 15.5 Å². The summed E-state index contributed by atoms with van der Waals surface area (Å²) in [5.41, 5.74) is 0.920. The van der Waals surface area contributed by atoms with Crippen molar-refractivity contribution in [3.8, 4) is 11.8 Å². The Hall–Kier alpha value is -3.47. The molecule has 3 aromatic rings. The molecule has 1 unspecified atom stereocenters. The average molecular weight is 447 g/mol. The number of nitriles is 1. The lowest BCUT2D eigenvalue weighted by atomic mass is 9.88. The first-order valence-electron chi connectivity index (χ1n) is 11.0. The number of methoxy groups -OCH3 is 1. The molecule has 0 spiro atoms. The van der Waals surface area contributed by atoms with Crippen molar-refractivity contribution in [3.05, 3.63) is 77.1 Å². The number of hydrogen-bond donors (Lipinski definition) is 2. The van der Waals surface area contributed by atoms with E-state index >= 15 is 0 Å². The summed E-state index contributed by atoms with van der Waals surface area (Å²) in [7, 11) is 1.53. The number of nitrogens with zero attached hydrogens (tertiary/aromatic N) is 2. The second-order valence-corrected chi connectivity index (χ2v) is 8.27. The molecular formula is C26H27FN4O2. The van der Waals surface area contributed by atoms with Crippen molar-refractivity contribution < 1.29 is 13.9 Å². The Morgan fingerprint density at radius 3 is 2.58 bits per heavy atom. The first kappa shape index (κ1) is 22.7. The first-order chi connectivity index (χ1) is 16.0. The third kappa shape index (κ3) is 4.28. The van der Waals surface area contributed by atoms with E-state index in [0.29, 0.717) is 24.4 Å². The zero-order valence-corrected chi connectivity index (χ0v) is 18.8. The molecule has 33 heavy (non-hydrogen) atoms. The summed E-state index contributed by atoms with van der Waals surface area (Å²) in [6, 6.07) is 17.8. The van der Waals surface area contributed by atoms with Gasteiger partial charge in [0, 0.05) is 38.3 Å². The Kier molecular flexibility index (Phi) is 6.59. The fourth-order valence-corrected chi connectivity index (χ4v) is 4.58. The van der Waals surface area contributed by atoms with Gasteiger partial charge in [0.15, 0.2) is 0 Å². The summed E-state index contributed by atoms with van der Waals surface area (Å²) < 4.78 is 19.2. The van der Waals surface area contributed by atoms with Crippen LogP contribution in [0.5, 0.6) is 5.75 Å². The van der Waals surface area contributed by atoms with Crippen LogP contribution in [-0.2, 0) is 16.9 Å². The minimum Gasteiger partial charge on any atom is -0.495 e. The van der Waals surface area contributed by atoms with Crippen LogP contribution in [0.15, 0.2) is 54.6 Å². The van der Waals surface area contributed by atoms with Crippen LogP contribution in [0.3, 0.4) is 0 Å². The molecule has 1 atom stereocenters. The highest BCUT2D eigenvalue weighted by molar-refractivity contribution is 5.91. The molecule has 170 valence electrons. The Bertz CT molecular complexity index is 1200. The number of halogens is 1. The van der Waals surface area contributed by atoms with Gasteiger partial charge in [-0.1, -0.05) is 36.4 Å². The predicted molar refractivity (Wildman–Crippen MR) is 125 cm³/mol. The molecule has 2 N–H and O–H groups in total. The Balaban J connectivity index is 1.71. The highest BCUT2D eigenvalue weighted by Gasteiger charge is 2.41. The van der Waals surface area contributed by atoms with Crippen LogP contribution in [0, 0.1) is 17.1 Å². The minimum atomic E-state index is -0.980. The van der Waals surface area contributed by atoms with Gasteiger partial charge in [0.05, 0.1) is 12.7 Å². The number of carbonyl (C=O) groups is 1. The summed E-state index contributed by atoms with van der Waals surface area (Å²) in [6.07, 6.45) is 0. The summed E-state index contributed by atoms with van der Waals surface area (Å²) in [6.45, 7) is 5.00. The van der Waals surface area contributed by atoms with Gasteiger partial charge in [-0.05, 0) is 41.5 Å². The molecule has 0 radical (unpaired) electrons. The maximum absolute atomic E-state index is 13.7. The first-order valence-corrected chi connectivity index (χ1v) is 11.0. The summed E-state index contributed by atoms with van der Waals surface area (Å²) >= 11 is 0. The van der Waals surface area contributed by atoms with Gasteiger partial charge < -0.3 is 15.4 Å². The Morgan fingerprint density at radius 2 is 1.91 bits per heavy atom. The van der Waals surface area contributed by atoms with Gasteiger partial charge in [-0.15, -0.1) is 0 Å². The van der Waals surface area contributed by atoms with Gasteiger partial charge in [0.25, 0.3) is 0 Å². The molecule has 3 aromatic carbocycles. The molecule has 1 heterocycles. The molecule has 1 amide bonds. The number of carbonyl (C=O) groups excluding carboxylic acids is 1. The number of hydrogen-bond acceptors (Lipinski definition) is 5. The normalized spacial score (nSPS) is 16.1. The van der Waals surface area contributed by atoms with Crippen LogP contribution in [0.4, 0.5) is 4.39 Å². The summed E-state index contributed by atoms with van der Waals surface area (Å²) in [4.78, 5) is 15.9. The smallest absolute Gasteiger partial charge is 0.245 e. The van der Waals surface area contributed by atoms with E-state index < -0.39 is 5.54 Å². The van der Waals surface area contributed by atoms with Gasteiger partial charge in [-0.3, -0.25) is 9.69 Å². The molecule has 4 rings (SSSR count). The van der Waals surface area contributed by atoms with Crippen molar-refractivity contribution in [2.24, 2.45) is 0 Å². The Morgan fingerprint density at radius 1 is 1.21 bits per heavy atom. The van der Waals surface area contributed by atoms with Gasteiger partial charge in [-0.2, -0.15) is 5.26 Å². The second kappa shape index (κ2) is 9.57. The number of piperazine rings is 1. The van der Waals surface area contributed by atoms with Crippen molar-refractivity contribution in [3.63, 3.8) is 0 Å². The standard InChI is InChI=1S/C26H27FN4O2/c1-26(31-13-11-29-12-14-31,20-7-9-21(27)10-8-20)25(32)30-17-23-22-6-4-3-5-18(22)15-19(16-28)24(23)33-2/h3-10,15,29H,11-14,17H2,1-2H3,(H,30,32). The van der Waals surface area contributed by atoms with Crippen molar-refractivity contribution in [1.29, 1.82) is 5.26 Å². The second-order valence-electron chi connectivity index (χ2n) is 8.27. The van der Waals surface area contributed by atoms with E-state index in [1.807, 2.05) is 31.2 Å². The molecule has 1 fully saturated rings. The maximum atomic E-state index is 13.7. The molecule has 1 aliphatic rings.